The molecule has 63 heavy (non-hydrogen) atoms. The van der Waals surface area contributed by atoms with Crippen molar-refractivity contribution in [1.29, 1.82) is 0 Å². The highest BCUT2D eigenvalue weighted by atomic mass is 35.5. The maximum atomic E-state index is 14.2. The van der Waals surface area contributed by atoms with Gasteiger partial charge in [0.1, 0.15) is 11.5 Å². The number of nitrogens with one attached hydrogen (secondary N) is 2. The third-order valence-electron chi connectivity index (χ3n) is 12.0. The van der Waals surface area contributed by atoms with Crippen molar-refractivity contribution in [2.24, 2.45) is 12.5 Å². The Labute approximate surface area is 369 Å². The zero-order chi connectivity index (χ0) is 44.6. The number of anilines is 3. The second-order valence-corrected chi connectivity index (χ2v) is 19.1. The highest BCUT2D eigenvalue weighted by molar-refractivity contribution is 7.90. The van der Waals surface area contributed by atoms with E-state index in [1.165, 1.54) is 57.4 Å². The fourth-order valence-electron chi connectivity index (χ4n) is 8.57. The second-order valence-electron chi connectivity index (χ2n) is 17.0. The molecule has 1 atom stereocenters. The number of nitro groups is 1. The molecule has 1 amide bonds. The molecule has 5 aromatic rings. The minimum atomic E-state index is -4.66. The average molecular weight is 900 g/mol. The van der Waals surface area contributed by atoms with E-state index in [1.54, 1.807) is 18.2 Å². The van der Waals surface area contributed by atoms with Gasteiger partial charge in [0.2, 0.25) is 0 Å². The molecule has 19 heteroatoms. The van der Waals surface area contributed by atoms with Crippen LogP contribution in [-0.2, 0) is 26.5 Å². The molecule has 17 nitrogen and oxygen atoms in total. The molecular weight excluding hydrogens is 850 g/mol. The van der Waals surface area contributed by atoms with E-state index in [9.17, 15) is 28.1 Å². The Hall–Kier alpha value is -5.79. The number of amides is 1. The number of nitrogens with zero attached hydrogens (tertiary/aromatic N) is 6. The van der Waals surface area contributed by atoms with E-state index in [4.69, 9.17) is 26.8 Å². The molecular formula is C44H50ClN9O8S. The van der Waals surface area contributed by atoms with Crippen LogP contribution in [0.5, 0.6) is 0 Å². The number of sulfonamides is 1. The Bertz CT molecular complexity index is 2770. The quantitative estimate of drug-likeness (QED) is 0.103. The van der Waals surface area contributed by atoms with Crippen molar-refractivity contribution in [1.82, 2.24) is 24.0 Å². The number of piperazine rings is 1. The number of fused-ring (bicyclic) bond motifs is 1. The molecule has 8 rings (SSSR count). The van der Waals surface area contributed by atoms with Gasteiger partial charge >= 0.3 is 0 Å². The molecule has 2 saturated heterocycles. The summed E-state index contributed by atoms with van der Waals surface area (Å²) in [6.45, 7) is 9.71. The van der Waals surface area contributed by atoms with Crippen LogP contribution in [0.4, 0.5) is 22.9 Å². The van der Waals surface area contributed by atoms with Crippen LogP contribution in [0.1, 0.15) is 49.0 Å². The van der Waals surface area contributed by atoms with E-state index in [2.05, 4.69) is 50.8 Å². The van der Waals surface area contributed by atoms with E-state index < -0.39 is 37.0 Å². The molecule has 2 fully saturated rings. The van der Waals surface area contributed by atoms with Gasteiger partial charge < -0.3 is 25.4 Å². The highest BCUT2D eigenvalue weighted by Gasteiger charge is 2.31. The van der Waals surface area contributed by atoms with Gasteiger partial charge in [0, 0.05) is 63.1 Å². The van der Waals surface area contributed by atoms with Crippen molar-refractivity contribution in [2.75, 3.05) is 75.0 Å². The van der Waals surface area contributed by atoms with E-state index in [0.29, 0.717) is 43.4 Å². The Kier molecular flexibility index (Phi) is 12.4. The maximum absolute atomic E-state index is 14.2. The smallest absolute Gasteiger partial charge is 0.293 e. The number of nitro benzene ring substituents is 1. The molecule has 0 spiro atoms. The van der Waals surface area contributed by atoms with Gasteiger partial charge in [-0.25, -0.2) is 27.5 Å². The Morgan fingerprint density at radius 2 is 1.79 bits per heavy atom. The van der Waals surface area contributed by atoms with Gasteiger partial charge in [0.15, 0.2) is 5.52 Å². The molecule has 332 valence electrons. The topological polar surface area (TPSA) is 209 Å². The first-order valence-corrected chi connectivity index (χ1v) is 22.6. The van der Waals surface area contributed by atoms with Crippen LogP contribution in [0.15, 0.2) is 88.1 Å². The number of carbonyl (C=O) groups is 1. The van der Waals surface area contributed by atoms with Crippen molar-refractivity contribution in [2.45, 2.75) is 44.1 Å². The predicted octanol–water partition coefficient (Wildman–Crippen LogP) is 5.60. The highest BCUT2D eigenvalue weighted by Crippen LogP contribution is 2.43. The normalized spacial score (nSPS) is 18.4. The van der Waals surface area contributed by atoms with Crippen LogP contribution >= 0.6 is 11.6 Å². The van der Waals surface area contributed by atoms with E-state index >= 15 is 0 Å². The lowest BCUT2D eigenvalue weighted by molar-refractivity contribution is -0.384. The number of aromatic nitrogens is 3. The fourth-order valence-corrected chi connectivity index (χ4v) is 9.68. The third kappa shape index (κ3) is 9.45. The van der Waals surface area contributed by atoms with Crippen LogP contribution in [0.25, 0.3) is 22.3 Å². The molecule has 4 heterocycles. The zero-order valence-corrected chi connectivity index (χ0v) is 36.9. The van der Waals surface area contributed by atoms with E-state index in [-0.39, 0.29) is 46.3 Å². The minimum absolute atomic E-state index is 0.0671. The first-order chi connectivity index (χ1) is 30.1. The summed E-state index contributed by atoms with van der Waals surface area (Å²) in [4.78, 5) is 47.5. The average Bonchev–Trinajstić information content (AvgIpc) is 3.51. The van der Waals surface area contributed by atoms with E-state index in [1.807, 2.05) is 12.1 Å². The molecule has 3 aromatic carbocycles. The van der Waals surface area contributed by atoms with Gasteiger partial charge in [-0.3, -0.25) is 24.6 Å². The standard InChI is InChI=1S/C44H50ClN9O8S/c1-44(2)15-14-29(35(24-44)28-4-6-30(45)7-5-28)26-51-16-18-52(19-17-51)31-8-10-34(38(22-31)53-37-12-13-40(46)48-41(37)43(56)50(53)3)42(55)49-63(59,60)33-9-11-36(39(23-33)54(57)58)47-25-32-27-61-20-21-62-32/h4-13,22-23,32,47H,14-21,24-27H2,1-3H3,(H2,46,48)(H,49,55)/t32-/m0/s1. The van der Waals surface area contributed by atoms with Crippen molar-refractivity contribution < 1.29 is 27.6 Å². The first kappa shape index (κ1) is 43.8. The summed E-state index contributed by atoms with van der Waals surface area (Å²) in [6.07, 6.45) is 2.77. The molecule has 2 aliphatic heterocycles. The van der Waals surface area contributed by atoms with Crippen molar-refractivity contribution in [3.05, 3.63) is 115 Å². The van der Waals surface area contributed by atoms with Crippen LogP contribution in [0, 0.1) is 15.5 Å². The number of carbonyl (C=O) groups excluding carboxylic acids is 1. The van der Waals surface area contributed by atoms with Crippen molar-refractivity contribution >= 4 is 67.0 Å². The van der Waals surface area contributed by atoms with Gasteiger partial charge in [0.05, 0.1) is 52.5 Å². The number of rotatable bonds is 12. The predicted molar refractivity (Wildman–Crippen MR) is 242 cm³/mol. The summed E-state index contributed by atoms with van der Waals surface area (Å²) >= 11 is 6.24. The minimum Gasteiger partial charge on any atom is -0.384 e. The molecule has 4 N–H and O–H groups in total. The van der Waals surface area contributed by atoms with Crippen LogP contribution in [0.2, 0.25) is 5.02 Å². The second kappa shape index (κ2) is 17.8. The van der Waals surface area contributed by atoms with Crippen LogP contribution < -0.4 is 26.2 Å². The fraction of sp³-hybridized carbons (Fsp3) is 0.386. The van der Waals surface area contributed by atoms with Gasteiger partial charge in [-0.2, -0.15) is 0 Å². The van der Waals surface area contributed by atoms with Crippen molar-refractivity contribution in [3.63, 3.8) is 0 Å². The van der Waals surface area contributed by atoms with E-state index in [0.717, 1.165) is 50.7 Å². The molecule has 0 bridgehead atoms. The largest absolute Gasteiger partial charge is 0.384 e. The SMILES string of the molecule is Cn1c(=O)c2nc(N)ccc2n1-c1cc(N2CCN(CC3=C(c4ccc(Cl)cc4)CC(C)(C)CC3)CC2)ccc1C(=O)NS(=O)(=O)c1ccc(NC[C@H]2COCCO2)c([N+](=O)[O-])c1. The Morgan fingerprint density at radius 1 is 1.03 bits per heavy atom. The maximum Gasteiger partial charge on any atom is 0.293 e. The summed E-state index contributed by atoms with van der Waals surface area (Å²) in [5.74, 6) is -0.883. The van der Waals surface area contributed by atoms with Gasteiger partial charge in [-0.1, -0.05) is 43.2 Å². The lowest BCUT2D eigenvalue weighted by Gasteiger charge is -2.39. The number of ether oxygens (including phenoxy) is 2. The molecule has 0 unspecified atom stereocenters. The number of hydrogen-bond acceptors (Lipinski definition) is 13. The summed E-state index contributed by atoms with van der Waals surface area (Å²) < 4.78 is 43.5. The molecule has 2 aromatic heterocycles. The number of nitrogen functional groups attached to an aromatic ring is 1. The first-order valence-electron chi connectivity index (χ1n) is 20.8. The lowest BCUT2D eigenvalue weighted by Crippen LogP contribution is -2.47. The Morgan fingerprint density at radius 3 is 2.51 bits per heavy atom. The van der Waals surface area contributed by atoms with Crippen LogP contribution in [0.3, 0.4) is 0 Å². The summed E-state index contributed by atoms with van der Waals surface area (Å²) in [6, 6.07) is 19.6. The number of hydrogen-bond donors (Lipinski definition) is 3. The molecule has 1 aliphatic carbocycles. The Balaban J connectivity index is 1.06. The summed E-state index contributed by atoms with van der Waals surface area (Å²) in [5, 5.41) is 15.7. The van der Waals surface area contributed by atoms with Crippen molar-refractivity contribution in [3.8, 4) is 5.69 Å². The number of allylic oxidation sites excluding steroid dienone is 1. The number of benzene rings is 3. The number of pyridine rings is 1. The molecule has 0 radical (unpaired) electrons. The van der Waals surface area contributed by atoms with Gasteiger partial charge in [-0.05, 0) is 90.4 Å². The molecule has 0 saturated carbocycles. The third-order valence-corrected chi connectivity index (χ3v) is 13.6. The summed E-state index contributed by atoms with van der Waals surface area (Å²) in [7, 11) is -3.14. The van der Waals surface area contributed by atoms with Crippen LogP contribution in [-0.4, -0.2) is 104 Å². The monoisotopic (exact) mass is 899 g/mol. The molecule has 3 aliphatic rings. The van der Waals surface area contributed by atoms with Gasteiger partial charge in [0.25, 0.3) is 27.2 Å². The zero-order valence-electron chi connectivity index (χ0n) is 35.3. The number of nitrogens with two attached hydrogens (primary N) is 1. The summed E-state index contributed by atoms with van der Waals surface area (Å²) in [5.41, 5.74) is 10.6. The lowest BCUT2D eigenvalue weighted by atomic mass is 9.72. The number of halogens is 1. The van der Waals surface area contributed by atoms with Gasteiger partial charge in [-0.15, -0.1) is 0 Å².